The van der Waals surface area contributed by atoms with Crippen LogP contribution >= 0.6 is 23.2 Å². The Morgan fingerprint density at radius 2 is 1.80 bits per heavy atom. The van der Waals surface area contributed by atoms with Gasteiger partial charge in [-0.15, -0.1) is 0 Å². The van der Waals surface area contributed by atoms with Gasteiger partial charge in [0.2, 0.25) is 0 Å². The largest absolute Gasteiger partial charge is 0.396 e. The molecule has 6 heteroatoms. The standard InChI is InChI=1S/C14H13Cl2N3O/c1-2-19(10-3-5-18-6-4-10)14(20)9-7-11(15)13(17)12(16)8-9/h3-8H,2,17H2,1H3. The lowest BCUT2D eigenvalue weighted by Crippen LogP contribution is -2.30. The monoisotopic (exact) mass is 309 g/mol. The number of anilines is 2. The maximum absolute atomic E-state index is 12.5. The van der Waals surface area contributed by atoms with Crippen molar-refractivity contribution in [3.8, 4) is 0 Å². The van der Waals surface area contributed by atoms with Crippen molar-refractivity contribution in [2.45, 2.75) is 6.92 Å². The van der Waals surface area contributed by atoms with Crippen molar-refractivity contribution in [2.75, 3.05) is 17.2 Å². The van der Waals surface area contributed by atoms with Gasteiger partial charge in [-0.1, -0.05) is 23.2 Å². The van der Waals surface area contributed by atoms with Crippen molar-refractivity contribution in [2.24, 2.45) is 0 Å². The van der Waals surface area contributed by atoms with E-state index in [1.807, 2.05) is 6.92 Å². The lowest BCUT2D eigenvalue weighted by molar-refractivity contribution is 0.0988. The Bertz CT molecular complexity index is 609. The van der Waals surface area contributed by atoms with Crippen LogP contribution in [0.4, 0.5) is 11.4 Å². The number of carbonyl (C=O) groups excluding carboxylic acids is 1. The molecule has 1 aromatic heterocycles. The molecule has 0 aliphatic rings. The van der Waals surface area contributed by atoms with Crippen LogP contribution in [0.1, 0.15) is 17.3 Å². The van der Waals surface area contributed by atoms with E-state index in [-0.39, 0.29) is 21.6 Å². The Kier molecular flexibility index (Phi) is 4.47. The summed E-state index contributed by atoms with van der Waals surface area (Å²) in [6, 6.07) is 6.58. The van der Waals surface area contributed by atoms with Gasteiger partial charge >= 0.3 is 0 Å². The Labute approximate surface area is 127 Å². The van der Waals surface area contributed by atoms with E-state index in [1.165, 1.54) is 12.1 Å². The molecule has 0 atom stereocenters. The van der Waals surface area contributed by atoms with E-state index >= 15 is 0 Å². The summed E-state index contributed by atoms with van der Waals surface area (Å²) >= 11 is 11.9. The van der Waals surface area contributed by atoms with E-state index in [0.717, 1.165) is 5.69 Å². The fourth-order valence-corrected chi connectivity index (χ4v) is 2.32. The normalized spacial score (nSPS) is 10.3. The average Bonchev–Trinajstić information content (AvgIpc) is 2.46. The predicted molar refractivity (Wildman–Crippen MR) is 82.5 cm³/mol. The SMILES string of the molecule is CCN(C(=O)c1cc(Cl)c(N)c(Cl)c1)c1ccncc1. The first-order chi connectivity index (χ1) is 9.54. The van der Waals surface area contributed by atoms with Gasteiger partial charge in [0.1, 0.15) is 0 Å². The first kappa shape index (κ1) is 14.6. The van der Waals surface area contributed by atoms with E-state index in [4.69, 9.17) is 28.9 Å². The highest BCUT2D eigenvalue weighted by molar-refractivity contribution is 6.39. The quantitative estimate of drug-likeness (QED) is 0.881. The topological polar surface area (TPSA) is 59.2 Å². The fraction of sp³-hybridized carbons (Fsp3) is 0.143. The van der Waals surface area contributed by atoms with E-state index < -0.39 is 0 Å². The molecule has 1 aromatic carbocycles. The fourth-order valence-electron chi connectivity index (χ4n) is 1.83. The zero-order valence-electron chi connectivity index (χ0n) is 10.8. The number of hydrogen-bond donors (Lipinski definition) is 1. The lowest BCUT2D eigenvalue weighted by atomic mass is 10.1. The van der Waals surface area contributed by atoms with Crippen molar-refractivity contribution in [1.82, 2.24) is 4.98 Å². The van der Waals surface area contributed by atoms with Gasteiger partial charge in [0.05, 0.1) is 15.7 Å². The molecule has 0 aliphatic heterocycles. The molecule has 1 amide bonds. The number of benzene rings is 1. The van der Waals surface area contributed by atoms with Crippen LogP contribution in [-0.2, 0) is 0 Å². The summed E-state index contributed by atoms with van der Waals surface area (Å²) in [5.74, 6) is -0.192. The Hall–Kier alpha value is -1.78. The van der Waals surface area contributed by atoms with Crippen LogP contribution in [0.15, 0.2) is 36.7 Å². The summed E-state index contributed by atoms with van der Waals surface area (Å²) in [6.07, 6.45) is 3.27. The first-order valence-electron chi connectivity index (χ1n) is 6.01. The van der Waals surface area contributed by atoms with Crippen molar-refractivity contribution >= 4 is 40.5 Å². The number of halogens is 2. The second-order valence-electron chi connectivity index (χ2n) is 4.11. The van der Waals surface area contributed by atoms with Crippen LogP contribution in [0.2, 0.25) is 10.0 Å². The molecule has 0 fully saturated rings. The number of carbonyl (C=O) groups is 1. The molecule has 1 heterocycles. The van der Waals surface area contributed by atoms with Gasteiger partial charge in [-0.05, 0) is 31.2 Å². The first-order valence-corrected chi connectivity index (χ1v) is 6.76. The Balaban J connectivity index is 2.39. The number of nitrogen functional groups attached to an aromatic ring is 1. The second-order valence-corrected chi connectivity index (χ2v) is 4.92. The summed E-state index contributed by atoms with van der Waals surface area (Å²) in [4.78, 5) is 18.1. The smallest absolute Gasteiger partial charge is 0.258 e. The van der Waals surface area contributed by atoms with Crippen molar-refractivity contribution < 1.29 is 4.79 Å². The van der Waals surface area contributed by atoms with E-state index in [2.05, 4.69) is 4.98 Å². The summed E-state index contributed by atoms with van der Waals surface area (Å²) in [7, 11) is 0. The van der Waals surface area contributed by atoms with Crippen molar-refractivity contribution in [3.05, 3.63) is 52.3 Å². The third kappa shape index (κ3) is 2.86. The number of aromatic nitrogens is 1. The molecular formula is C14H13Cl2N3O. The Morgan fingerprint density at radius 1 is 1.25 bits per heavy atom. The highest BCUT2D eigenvalue weighted by atomic mass is 35.5. The molecule has 0 saturated heterocycles. The number of hydrogen-bond acceptors (Lipinski definition) is 3. The third-order valence-electron chi connectivity index (χ3n) is 2.86. The average molecular weight is 310 g/mol. The van der Waals surface area contributed by atoms with Gasteiger partial charge in [-0.25, -0.2) is 0 Å². The highest BCUT2D eigenvalue weighted by Gasteiger charge is 2.18. The van der Waals surface area contributed by atoms with Crippen LogP contribution in [0, 0.1) is 0 Å². The van der Waals surface area contributed by atoms with Crippen LogP contribution in [0.5, 0.6) is 0 Å². The molecule has 2 aromatic rings. The molecule has 4 nitrogen and oxygen atoms in total. The second kappa shape index (κ2) is 6.11. The molecule has 0 radical (unpaired) electrons. The molecule has 0 unspecified atom stereocenters. The van der Waals surface area contributed by atoms with Gasteiger partial charge in [0.25, 0.3) is 5.91 Å². The van der Waals surface area contributed by atoms with Gasteiger partial charge in [0, 0.05) is 30.2 Å². The minimum Gasteiger partial charge on any atom is -0.396 e. The molecule has 20 heavy (non-hydrogen) atoms. The zero-order chi connectivity index (χ0) is 14.7. The predicted octanol–water partition coefficient (Wildman–Crippen LogP) is 3.64. The molecule has 0 bridgehead atoms. The lowest BCUT2D eigenvalue weighted by Gasteiger charge is -2.21. The zero-order valence-corrected chi connectivity index (χ0v) is 12.3. The minimum atomic E-state index is -0.192. The number of pyridine rings is 1. The molecule has 0 aliphatic carbocycles. The molecule has 104 valence electrons. The molecule has 2 rings (SSSR count). The number of nitrogens with two attached hydrogens (primary N) is 1. The van der Waals surface area contributed by atoms with Gasteiger partial charge in [-0.3, -0.25) is 9.78 Å². The van der Waals surface area contributed by atoms with Crippen LogP contribution in [-0.4, -0.2) is 17.4 Å². The highest BCUT2D eigenvalue weighted by Crippen LogP contribution is 2.30. The molecule has 2 N–H and O–H groups in total. The maximum Gasteiger partial charge on any atom is 0.258 e. The van der Waals surface area contributed by atoms with E-state index in [0.29, 0.717) is 12.1 Å². The van der Waals surface area contributed by atoms with Crippen LogP contribution in [0.25, 0.3) is 0 Å². The van der Waals surface area contributed by atoms with Crippen LogP contribution < -0.4 is 10.6 Å². The van der Waals surface area contributed by atoms with Gasteiger partial charge < -0.3 is 10.6 Å². The summed E-state index contributed by atoms with van der Waals surface area (Å²) in [6.45, 7) is 2.40. The Morgan fingerprint density at radius 3 is 2.30 bits per heavy atom. The summed E-state index contributed by atoms with van der Waals surface area (Å²) < 4.78 is 0. The van der Waals surface area contributed by atoms with Crippen LogP contribution in [0.3, 0.4) is 0 Å². The molecule has 0 saturated carbocycles. The molecule has 0 spiro atoms. The van der Waals surface area contributed by atoms with Crippen molar-refractivity contribution in [3.63, 3.8) is 0 Å². The van der Waals surface area contributed by atoms with E-state index in [1.54, 1.807) is 29.4 Å². The van der Waals surface area contributed by atoms with Crippen molar-refractivity contribution in [1.29, 1.82) is 0 Å². The van der Waals surface area contributed by atoms with Gasteiger partial charge in [0.15, 0.2) is 0 Å². The number of rotatable bonds is 3. The number of amides is 1. The summed E-state index contributed by atoms with van der Waals surface area (Å²) in [5, 5.41) is 0.540. The minimum absolute atomic E-state index is 0.192. The summed E-state index contributed by atoms with van der Waals surface area (Å²) in [5.41, 5.74) is 7.11. The number of nitrogens with zero attached hydrogens (tertiary/aromatic N) is 2. The van der Waals surface area contributed by atoms with E-state index in [9.17, 15) is 4.79 Å². The van der Waals surface area contributed by atoms with Gasteiger partial charge in [-0.2, -0.15) is 0 Å². The maximum atomic E-state index is 12.5. The molecular weight excluding hydrogens is 297 g/mol. The third-order valence-corrected chi connectivity index (χ3v) is 3.49.